The van der Waals surface area contributed by atoms with Crippen molar-refractivity contribution in [1.82, 2.24) is 14.7 Å². The topological polar surface area (TPSA) is 38.1 Å². The average Bonchev–Trinajstić information content (AvgIpc) is 3.30. The molecule has 2 heterocycles. The standard InChI is InChI=1S/C23H20ClN3OS2/c1-3-15(2)27-22(28)20(30-23(27)29)13-17-14-26(19-7-5-4-6-8-19)25-21(17)16-9-11-18(24)12-10-16/h4-15H,3H2,1-2H3/b20-13+. The maximum Gasteiger partial charge on any atom is 0.266 e. The van der Waals surface area contributed by atoms with Gasteiger partial charge in [0, 0.05) is 28.4 Å². The molecule has 0 bridgehead atoms. The number of carbonyl (C=O) groups excluding carboxylic acids is 1. The minimum absolute atomic E-state index is 0.0473. The van der Waals surface area contributed by atoms with Crippen molar-refractivity contribution < 1.29 is 4.79 Å². The predicted molar refractivity (Wildman–Crippen MR) is 129 cm³/mol. The number of thioether (sulfide) groups is 1. The first kappa shape index (κ1) is 20.8. The van der Waals surface area contributed by atoms with Gasteiger partial charge < -0.3 is 0 Å². The van der Waals surface area contributed by atoms with Crippen molar-refractivity contribution in [3.8, 4) is 16.9 Å². The Bertz CT molecular complexity index is 1120. The number of hydrogen-bond acceptors (Lipinski definition) is 4. The zero-order chi connectivity index (χ0) is 21.3. The molecule has 3 aromatic rings. The number of amides is 1. The number of thiocarbonyl (C=S) groups is 1. The Kier molecular flexibility index (Phi) is 6.09. The summed E-state index contributed by atoms with van der Waals surface area (Å²) in [4.78, 5) is 15.3. The molecule has 4 rings (SSSR count). The van der Waals surface area contributed by atoms with Crippen LogP contribution in [0.15, 0.2) is 65.7 Å². The van der Waals surface area contributed by atoms with E-state index >= 15 is 0 Å². The van der Waals surface area contributed by atoms with Gasteiger partial charge >= 0.3 is 0 Å². The molecule has 1 aliphatic rings. The van der Waals surface area contributed by atoms with Crippen LogP contribution in [0, 0.1) is 0 Å². The second kappa shape index (κ2) is 8.76. The van der Waals surface area contributed by atoms with Gasteiger partial charge in [-0.3, -0.25) is 9.69 Å². The van der Waals surface area contributed by atoms with E-state index in [-0.39, 0.29) is 11.9 Å². The van der Waals surface area contributed by atoms with Gasteiger partial charge in [-0.15, -0.1) is 0 Å². The third-order valence-electron chi connectivity index (χ3n) is 5.02. The first-order valence-electron chi connectivity index (χ1n) is 9.66. The molecule has 0 radical (unpaired) electrons. The summed E-state index contributed by atoms with van der Waals surface area (Å²) in [6, 6.07) is 17.5. The summed E-state index contributed by atoms with van der Waals surface area (Å²) in [7, 11) is 0. The Labute approximate surface area is 190 Å². The molecule has 2 aromatic carbocycles. The van der Waals surface area contributed by atoms with Crippen molar-refractivity contribution in [1.29, 1.82) is 0 Å². The summed E-state index contributed by atoms with van der Waals surface area (Å²) in [5.74, 6) is -0.0473. The molecule has 1 saturated heterocycles. The minimum Gasteiger partial charge on any atom is -0.290 e. The molecule has 0 saturated carbocycles. The van der Waals surface area contributed by atoms with E-state index in [4.69, 9.17) is 28.9 Å². The molecule has 1 unspecified atom stereocenters. The molecule has 0 spiro atoms. The number of hydrogen-bond donors (Lipinski definition) is 0. The molecule has 0 N–H and O–H groups in total. The van der Waals surface area contributed by atoms with E-state index in [1.54, 1.807) is 4.90 Å². The van der Waals surface area contributed by atoms with Crippen molar-refractivity contribution in [3.05, 3.63) is 76.3 Å². The van der Waals surface area contributed by atoms with Crippen LogP contribution in [0.2, 0.25) is 5.02 Å². The largest absolute Gasteiger partial charge is 0.290 e. The van der Waals surface area contributed by atoms with E-state index in [0.717, 1.165) is 28.9 Å². The van der Waals surface area contributed by atoms with E-state index in [1.165, 1.54) is 11.8 Å². The van der Waals surface area contributed by atoms with E-state index in [1.807, 2.05) is 78.5 Å². The van der Waals surface area contributed by atoms with Crippen molar-refractivity contribution in [2.75, 3.05) is 0 Å². The highest BCUT2D eigenvalue weighted by molar-refractivity contribution is 8.26. The fourth-order valence-corrected chi connectivity index (χ4v) is 4.80. The predicted octanol–water partition coefficient (Wildman–Crippen LogP) is 6.19. The number of benzene rings is 2. The van der Waals surface area contributed by atoms with Crippen molar-refractivity contribution in [2.24, 2.45) is 0 Å². The van der Waals surface area contributed by atoms with Gasteiger partial charge in [0.05, 0.1) is 16.3 Å². The Balaban J connectivity index is 1.79. The van der Waals surface area contributed by atoms with Gasteiger partial charge in [-0.1, -0.05) is 72.8 Å². The second-order valence-corrected chi connectivity index (χ2v) is 9.14. The maximum atomic E-state index is 13.0. The Hall–Kier alpha value is -2.41. The third kappa shape index (κ3) is 4.08. The molecule has 1 aromatic heterocycles. The summed E-state index contributed by atoms with van der Waals surface area (Å²) in [6.07, 6.45) is 4.68. The summed E-state index contributed by atoms with van der Waals surface area (Å²) in [5, 5.41) is 5.46. The third-order valence-corrected chi connectivity index (χ3v) is 6.61. The van der Waals surface area contributed by atoms with Crippen LogP contribution in [-0.4, -0.2) is 30.9 Å². The quantitative estimate of drug-likeness (QED) is 0.341. The summed E-state index contributed by atoms with van der Waals surface area (Å²) >= 11 is 12.9. The lowest BCUT2D eigenvalue weighted by atomic mass is 10.1. The zero-order valence-corrected chi connectivity index (χ0v) is 19.0. The van der Waals surface area contributed by atoms with Crippen molar-refractivity contribution in [2.45, 2.75) is 26.3 Å². The highest BCUT2D eigenvalue weighted by atomic mass is 35.5. The summed E-state index contributed by atoms with van der Waals surface area (Å²) < 4.78 is 2.43. The lowest BCUT2D eigenvalue weighted by molar-refractivity contribution is -0.123. The lowest BCUT2D eigenvalue weighted by Gasteiger charge is -2.21. The van der Waals surface area contributed by atoms with Crippen LogP contribution in [-0.2, 0) is 4.79 Å². The molecular formula is C23H20ClN3OS2. The van der Waals surface area contributed by atoms with Crippen LogP contribution in [0.25, 0.3) is 23.0 Å². The van der Waals surface area contributed by atoms with Crippen LogP contribution in [0.3, 0.4) is 0 Å². The van der Waals surface area contributed by atoms with Crippen LogP contribution in [0.5, 0.6) is 0 Å². The van der Waals surface area contributed by atoms with Crippen molar-refractivity contribution in [3.63, 3.8) is 0 Å². The molecule has 4 nitrogen and oxygen atoms in total. The Morgan fingerprint density at radius 2 is 1.87 bits per heavy atom. The van der Waals surface area contributed by atoms with Gasteiger partial charge in [0.25, 0.3) is 5.91 Å². The van der Waals surface area contributed by atoms with E-state index in [0.29, 0.717) is 14.2 Å². The van der Waals surface area contributed by atoms with E-state index in [9.17, 15) is 4.79 Å². The number of nitrogens with zero attached hydrogens (tertiary/aromatic N) is 3. The van der Waals surface area contributed by atoms with Crippen LogP contribution >= 0.6 is 35.6 Å². The Morgan fingerprint density at radius 3 is 2.53 bits per heavy atom. The molecule has 1 aliphatic heterocycles. The number of halogens is 1. The SMILES string of the molecule is CCC(C)N1C(=O)/C(=C\c2cn(-c3ccccc3)nc2-c2ccc(Cl)cc2)SC1=S. The first-order chi connectivity index (χ1) is 14.5. The number of carbonyl (C=O) groups is 1. The lowest BCUT2D eigenvalue weighted by Crippen LogP contribution is -2.36. The summed E-state index contributed by atoms with van der Waals surface area (Å²) in [6.45, 7) is 4.07. The smallest absolute Gasteiger partial charge is 0.266 e. The normalized spacial score (nSPS) is 16.5. The number of para-hydroxylation sites is 1. The molecule has 30 heavy (non-hydrogen) atoms. The Morgan fingerprint density at radius 1 is 1.17 bits per heavy atom. The van der Waals surface area contributed by atoms with Gasteiger partial charge in [-0.05, 0) is 43.7 Å². The van der Waals surface area contributed by atoms with Gasteiger partial charge in [0.1, 0.15) is 4.32 Å². The highest BCUT2D eigenvalue weighted by Gasteiger charge is 2.35. The monoisotopic (exact) mass is 453 g/mol. The van der Waals surface area contributed by atoms with Crippen molar-refractivity contribution >= 4 is 51.9 Å². The van der Waals surface area contributed by atoms with Crippen LogP contribution < -0.4 is 0 Å². The number of aromatic nitrogens is 2. The molecule has 7 heteroatoms. The van der Waals surface area contributed by atoms with Crippen LogP contribution in [0.4, 0.5) is 0 Å². The molecule has 1 fully saturated rings. The summed E-state index contributed by atoms with van der Waals surface area (Å²) in [5.41, 5.74) is 3.51. The minimum atomic E-state index is -0.0473. The average molecular weight is 454 g/mol. The van der Waals surface area contributed by atoms with Gasteiger partial charge in [-0.25, -0.2) is 4.68 Å². The molecular weight excluding hydrogens is 434 g/mol. The highest BCUT2D eigenvalue weighted by Crippen LogP contribution is 2.36. The van der Waals surface area contributed by atoms with Gasteiger partial charge in [0.15, 0.2) is 0 Å². The molecule has 1 atom stereocenters. The maximum absolute atomic E-state index is 13.0. The zero-order valence-electron chi connectivity index (χ0n) is 16.6. The second-order valence-electron chi connectivity index (χ2n) is 7.03. The fourth-order valence-electron chi connectivity index (χ4n) is 3.22. The van der Waals surface area contributed by atoms with E-state index < -0.39 is 0 Å². The fraction of sp³-hybridized carbons (Fsp3) is 0.174. The van der Waals surface area contributed by atoms with Gasteiger partial charge in [0.2, 0.25) is 0 Å². The van der Waals surface area contributed by atoms with Crippen LogP contribution in [0.1, 0.15) is 25.8 Å². The van der Waals surface area contributed by atoms with E-state index in [2.05, 4.69) is 6.92 Å². The molecule has 0 aliphatic carbocycles. The van der Waals surface area contributed by atoms with Gasteiger partial charge in [-0.2, -0.15) is 5.10 Å². The number of rotatable bonds is 5. The first-order valence-corrected chi connectivity index (χ1v) is 11.3. The molecule has 1 amide bonds. The molecule has 152 valence electrons.